The van der Waals surface area contributed by atoms with Crippen molar-refractivity contribution in [3.05, 3.63) is 63.1 Å². The fourth-order valence-corrected chi connectivity index (χ4v) is 2.49. The summed E-state index contributed by atoms with van der Waals surface area (Å²) >= 11 is 9.38. The number of rotatable bonds is 4. The van der Waals surface area contributed by atoms with Gasteiger partial charge in [0, 0.05) is 4.47 Å². The molecule has 0 aliphatic carbocycles. The second-order valence-electron chi connectivity index (χ2n) is 4.50. The Bertz CT molecular complexity index is 812. The maximum atomic E-state index is 12.2. The minimum atomic E-state index is -0.494. The molecule has 4 nitrogen and oxygen atoms in total. The van der Waals surface area contributed by atoms with Crippen LogP contribution < -0.4 is 10.1 Å². The Morgan fingerprint density at radius 3 is 2.70 bits per heavy atom. The van der Waals surface area contributed by atoms with Crippen LogP contribution in [0, 0.1) is 11.3 Å². The average Bonchev–Trinajstić information content (AvgIpc) is 2.54. The molecule has 0 aromatic heterocycles. The number of nitriles is 1. The second-order valence-corrected chi connectivity index (χ2v) is 5.76. The van der Waals surface area contributed by atoms with E-state index >= 15 is 0 Å². The molecule has 1 amide bonds. The number of nitrogens with one attached hydrogen (secondary N) is 1. The summed E-state index contributed by atoms with van der Waals surface area (Å²) in [5, 5.41) is 12.3. The predicted octanol–water partition coefficient (Wildman–Crippen LogP) is 4.66. The van der Waals surface area contributed by atoms with E-state index in [0.29, 0.717) is 22.0 Å². The lowest BCUT2D eigenvalue weighted by Crippen LogP contribution is -2.13. The Kier molecular flexibility index (Phi) is 5.80. The summed E-state index contributed by atoms with van der Waals surface area (Å²) < 4.78 is 5.80. The van der Waals surface area contributed by atoms with Gasteiger partial charge in [-0.1, -0.05) is 29.8 Å². The highest BCUT2D eigenvalue weighted by molar-refractivity contribution is 9.10. The largest absolute Gasteiger partial charge is 0.495 e. The lowest BCUT2D eigenvalue weighted by Gasteiger charge is -2.07. The quantitative estimate of drug-likeness (QED) is 0.609. The van der Waals surface area contributed by atoms with Crippen LogP contribution >= 0.6 is 27.5 Å². The number of anilines is 1. The lowest BCUT2D eigenvalue weighted by atomic mass is 10.1. The Morgan fingerprint density at radius 1 is 1.35 bits per heavy atom. The molecule has 2 aromatic carbocycles. The molecule has 2 rings (SSSR count). The number of para-hydroxylation sites is 1. The molecule has 2 aromatic rings. The topological polar surface area (TPSA) is 62.1 Å². The fraction of sp³-hybridized carbons (Fsp3) is 0.0588. The third-order valence-electron chi connectivity index (χ3n) is 2.97. The lowest BCUT2D eigenvalue weighted by molar-refractivity contribution is -0.112. The van der Waals surface area contributed by atoms with Crippen LogP contribution in [0.4, 0.5) is 5.69 Å². The van der Waals surface area contributed by atoms with Crippen LogP contribution in [0.3, 0.4) is 0 Å². The van der Waals surface area contributed by atoms with Gasteiger partial charge in [-0.05, 0) is 51.8 Å². The number of carbonyl (C=O) groups excluding carboxylic acids is 1. The maximum absolute atomic E-state index is 12.2. The standard InChI is InChI=1S/C17H12BrClN2O2/c1-23-16-7-6-11(9-14(16)19)8-12(10-20)17(22)21-15-5-3-2-4-13(15)18/h2-9H,1H3,(H,21,22)/b12-8+. The molecule has 0 radical (unpaired) electrons. The normalized spacial score (nSPS) is 10.8. The van der Waals surface area contributed by atoms with E-state index in [0.717, 1.165) is 4.47 Å². The van der Waals surface area contributed by atoms with Crippen LogP contribution in [0.15, 0.2) is 52.5 Å². The van der Waals surface area contributed by atoms with Crippen LogP contribution in [0.5, 0.6) is 5.75 Å². The van der Waals surface area contributed by atoms with Crippen LogP contribution in [-0.4, -0.2) is 13.0 Å². The Morgan fingerprint density at radius 2 is 2.09 bits per heavy atom. The van der Waals surface area contributed by atoms with Crippen LogP contribution in [0.2, 0.25) is 5.02 Å². The maximum Gasteiger partial charge on any atom is 0.266 e. The van der Waals surface area contributed by atoms with E-state index in [-0.39, 0.29) is 5.57 Å². The molecule has 0 atom stereocenters. The second kappa shape index (κ2) is 7.82. The minimum absolute atomic E-state index is 0.0259. The Balaban J connectivity index is 2.25. The highest BCUT2D eigenvalue weighted by Gasteiger charge is 2.11. The number of ether oxygens (including phenoxy) is 1. The third-order valence-corrected chi connectivity index (χ3v) is 3.96. The summed E-state index contributed by atoms with van der Waals surface area (Å²) in [6.45, 7) is 0. The summed E-state index contributed by atoms with van der Waals surface area (Å²) in [5.41, 5.74) is 1.20. The van der Waals surface area contributed by atoms with Crippen LogP contribution in [0.1, 0.15) is 5.56 Å². The molecular formula is C17H12BrClN2O2. The molecule has 0 aliphatic rings. The number of nitrogens with zero attached hydrogens (tertiary/aromatic N) is 1. The number of amides is 1. The summed E-state index contributed by atoms with van der Waals surface area (Å²) in [4.78, 5) is 12.2. The summed E-state index contributed by atoms with van der Waals surface area (Å²) in [6, 6.07) is 14.1. The highest BCUT2D eigenvalue weighted by Crippen LogP contribution is 2.26. The molecule has 0 fully saturated rings. The number of methoxy groups -OCH3 is 1. The van der Waals surface area contributed by atoms with Gasteiger partial charge in [-0.25, -0.2) is 0 Å². The zero-order chi connectivity index (χ0) is 16.8. The van der Waals surface area contributed by atoms with Crippen molar-refractivity contribution < 1.29 is 9.53 Å². The van der Waals surface area contributed by atoms with E-state index in [1.807, 2.05) is 12.1 Å². The number of carbonyl (C=O) groups is 1. The third kappa shape index (κ3) is 4.35. The van der Waals surface area contributed by atoms with Gasteiger partial charge in [0.2, 0.25) is 0 Å². The van der Waals surface area contributed by atoms with Crippen molar-refractivity contribution in [2.24, 2.45) is 0 Å². The molecule has 0 heterocycles. The SMILES string of the molecule is COc1ccc(/C=C(\C#N)C(=O)Nc2ccccc2Br)cc1Cl. The van der Waals surface area contributed by atoms with E-state index in [1.165, 1.54) is 13.2 Å². The molecule has 0 saturated heterocycles. The molecule has 0 aliphatic heterocycles. The first-order chi connectivity index (χ1) is 11.0. The van der Waals surface area contributed by atoms with E-state index in [9.17, 15) is 10.1 Å². The van der Waals surface area contributed by atoms with Crippen molar-refractivity contribution in [1.29, 1.82) is 5.26 Å². The summed E-state index contributed by atoms with van der Waals surface area (Å²) in [5.74, 6) is 0.0336. The fourth-order valence-electron chi connectivity index (χ4n) is 1.84. The molecule has 1 N–H and O–H groups in total. The molecule has 0 saturated carbocycles. The summed E-state index contributed by atoms with van der Waals surface area (Å²) in [6.07, 6.45) is 1.47. The zero-order valence-corrected chi connectivity index (χ0v) is 14.5. The van der Waals surface area contributed by atoms with Gasteiger partial charge in [-0.15, -0.1) is 0 Å². The molecule has 0 spiro atoms. The average molecular weight is 392 g/mol. The van der Waals surface area contributed by atoms with E-state index in [4.69, 9.17) is 16.3 Å². The summed E-state index contributed by atoms with van der Waals surface area (Å²) in [7, 11) is 1.52. The van der Waals surface area contributed by atoms with E-state index in [1.54, 1.807) is 36.4 Å². The monoisotopic (exact) mass is 390 g/mol. The first kappa shape index (κ1) is 17.1. The predicted molar refractivity (Wildman–Crippen MR) is 94.4 cm³/mol. The highest BCUT2D eigenvalue weighted by atomic mass is 79.9. The number of hydrogen-bond acceptors (Lipinski definition) is 3. The van der Waals surface area contributed by atoms with Gasteiger partial charge in [-0.3, -0.25) is 4.79 Å². The van der Waals surface area contributed by atoms with Crippen LogP contribution in [-0.2, 0) is 4.79 Å². The van der Waals surface area contributed by atoms with E-state index in [2.05, 4.69) is 21.2 Å². The van der Waals surface area contributed by atoms with Gasteiger partial charge in [-0.2, -0.15) is 5.26 Å². The van der Waals surface area contributed by atoms with Crippen LogP contribution in [0.25, 0.3) is 6.08 Å². The number of hydrogen-bond donors (Lipinski definition) is 1. The van der Waals surface area contributed by atoms with Crippen molar-refractivity contribution >= 4 is 45.2 Å². The first-order valence-electron chi connectivity index (χ1n) is 6.56. The van der Waals surface area contributed by atoms with Gasteiger partial charge in [0.25, 0.3) is 5.91 Å². The van der Waals surface area contributed by atoms with Crippen molar-refractivity contribution in [3.63, 3.8) is 0 Å². The van der Waals surface area contributed by atoms with E-state index < -0.39 is 5.91 Å². The van der Waals surface area contributed by atoms with Gasteiger partial charge in [0.1, 0.15) is 17.4 Å². The minimum Gasteiger partial charge on any atom is -0.495 e. The van der Waals surface area contributed by atoms with Gasteiger partial charge < -0.3 is 10.1 Å². The Hall–Kier alpha value is -2.29. The Labute approximate surface area is 147 Å². The van der Waals surface area contributed by atoms with Gasteiger partial charge >= 0.3 is 0 Å². The molecule has 0 unspecified atom stereocenters. The molecule has 23 heavy (non-hydrogen) atoms. The van der Waals surface area contributed by atoms with Crippen molar-refractivity contribution in [2.45, 2.75) is 0 Å². The molecule has 0 bridgehead atoms. The molecular weight excluding hydrogens is 380 g/mol. The van der Waals surface area contributed by atoms with Crippen molar-refractivity contribution in [2.75, 3.05) is 12.4 Å². The molecule has 116 valence electrons. The van der Waals surface area contributed by atoms with Crippen molar-refractivity contribution in [3.8, 4) is 11.8 Å². The smallest absolute Gasteiger partial charge is 0.266 e. The first-order valence-corrected chi connectivity index (χ1v) is 7.73. The molecule has 6 heteroatoms. The van der Waals surface area contributed by atoms with Gasteiger partial charge in [0.05, 0.1) is 17.8 Å². The van der Waals surface area contributed by atoms with Crippen molar-refractivity contribution in [1.82, 2.24) is 0 Å². The number of halogens is 2. The van der Waals surface area contributed by atoms with Gasteiger partial charge in [0.15, 0.2) is 0 Å². The number of benzene rings is 2. The zero-order valence-electron chi connectivity index (χ0n) is 12.1.